The van der Waals surface area contributed by atoms with Crippen molar-refractivity contribution in [2.24, 2.45) is 0 Å². The van der Waals surface area contributed by atoms with Gasteiger partial charge in [0.05, 0.1) is 0 Å². The van der Waals surface area contributed by atoms with E-state index >= 15 is 0 Å². The maximum absolute atomic E-state index is 13.0. The van der Waals surface area contributed by atoms with Crippen LogP contribution >= 0.6 is 11.6 Å². The number of nitrogens with zero attached hydrogens (tertiary/aromatic N) is 1. The van der Waals surface area contributed by atoms with E-state index in [1.165, 1.54) is 0 Å². The van der Waals surface area contributed by atoms with Crippen molar-refractivity contribution in [3.8, 4) is 0 Å². The van der Waals surface area contributed by atoms with Crippen LogP contribution in [-0.4, -0.2) is 41.5 Å². The van der Waals surface area contributed by atoms with E-state index in [0.717, 1.165) is 54.5 Å². The zero-order valence-electron chi connectivity index (χ0n) is 18.8. The standard InChI is InChI=1S/C26H34ClN3O/c1-4-30(5-2)16-8-9-19(3)29-26(31)17-23(20-12-14-21(27)15-13-20)24-18-28-25-11-7-6-10-22(24)25/h6-7,10-15,18-19,23,28H,4-5,8-9,16-17H2,1-3H3,(H,29,31). The molecule has 2 unspecified atom stereocenters. The Kier molecular flexibility index (Phi) is 8.56. The van der Waals surface area contributed by atoms with E-state index < -0.39 is 0 Å². The molecule has 1 heterocycles. The van der Waals surface area contributed by atoms with Crippen molar-refractivity contribution in [3.63, 3.8) is 0 Å². The van der Waals surface area contributed by atoms with Crippen molar-refractivity contribution in [2.75, 3.05) is 19.6 Å². The Labute approximate surface area is 191 Å². The number of amides is 1. The highest BCUT2D eigenvalue weighted by molar-refractivity contribution is 6.30. The molecule has 1 aromatic heterocycles. The number of H-pyrrole nitrogens is 1. The largest absolute Gasteiger partial charge is 0.361 e. The van der Waals surface area contributed by atoms with Gasteiger partial charge in [-0.3, -0.25) is 4.79 Å². The zero-order chi connectivity index (χ0) is 22.2. The van der Waals surface area contributed by atoms with E-state index in [0.29, 0.717) is 11.4 Å². The zero-order valence-corrected chi connectivity index (χ0v) is 19.6. The van der Waals surface area contributed by atoms with E-state index in [4.69, 9.17) is 11.6 Å². The van der Waals surface area contributed by atoms with Crippen LogP contribution in [0.15, 0.2) is 54.7 Å². The molecule has 166 valence electrons. The van der Waals surface area contributed by atoms with Crippen LogP contribution in [0.1, 0.15) is 57.1 Å². The normalized spacial score (nSPS) is 13.5. The summed E-state index contributed by atoms with van der Waals surface area (Å²) in [5.41, 5.74) is 3.32. The Balaban J connectivity index is 1.70. The lowest BCUT2D eigenvalue weighted by atomic mass is 9.88. The summed E-state index contributed by atoms with van der Waals surface area (Å²) in [6.07, 6.45) is 4.52. The van der Waals surface area contributed by atoms with Crippen molar-refractivity contribution in [2.45, 2.75) is 52.0 Å². The van der Waals surface area contributed by atoms with Crippen molar-refractivity contribution in [1.29, 1.82) is 0 Å². The van der Waals surface area contributed by atoms with Gasteiger partial charge in [0, 0.05) is 40.5 Å². The molecule has 31 heavy (non-hydrogen) atoms. The third-order valence-electron chi connectivity index (χ3n) is 6.07. The number of benzene rings is 2. The molecule has 1 amide bonds. The smallest absolute Gasteiger partial charge is 0.221 e. The number of para-hydroxylation sites is 1. The number of halogens is 1. The molecule has 3 rings (SSSR count). The molecule has 4 nitrogen and oxygen atoms in total. The van der Waals surface area contributed by atoms with Crippen LogP contribution < -0.4 is 5.32 Å². The molecule has 0 spiro atoms. The molecule has 2 N–H and O–H groups in total. The first-order valence-electron chi connectivity index (χ1n) is 11.3. The maximum Gasteiger partial charge on any atom is 0.221 e. The fourth-order valence-electron chi connectivity index (χ4n) is 4.24. The number of aromatic nitrogens is 1. The van der Waals surface area contributed by atoms with Gasteiger partial charge >= 0.3 is 0 Å². The lowest BCUT2D eigenvalue weighted by Crippen LogP contribution is -2.34. The Morgan fingerprint density at radius 2 is 1.81 bits per heavy atom. The third-order valence-corrected chi connectivity index (χ3v) is 6.32. The van der Waals surface area contributed by atoms with E-state index in [-0.39, 0.29) is 17.9 Å². The number of aromatic amines is 1. The first-order chi connectivity index (χ1) is 15.0. The highest BCUT2D eigenvalue weighted by Crippen LogP contribution is 2.34. The third kappa shape index (κ3) is 6.34. The lowest BCUT2D eigenvalue weighted by Gasteiger charge is -2.21. The molecule has 0 aliphatic rings. The minimum absolute atomic E-state index is 0.0312. The summed E-state index contributed by atoms with van der Waals surface area (Å²) in [4.78, 5) is 18.8. The van der Waals surface area contributed by atoms with Crippen LogP contribution in [0.4, 0.5) is 0 Å². The fraction of sp³-hybridized carbons (Fsp3) is 0.423. The molecule has 5 heteroatoms. The highest BCUT2D eigenvalue weighted by Gasteiger charge is 2.22. The SMILES string of the molecule is CCN(CC)CCCC(C)NC(=O)CC(c1ccc(Cl)cc1)c1c[nH]c2ccccc12. The van der Waals surface area contributed by atoms with E-state index in [1.807, 2.05) is 42.6 Å². The van der Waals surface area contributed by atoms with Gasteiger partial charge in [0.25, 0.3) is 0 Å². The number of rotatable bonds is 11. The fourth-order valence-corrected chi connectivity index (χ4v) is 4.36. The molecule has 0 saturated carbocycles. The van der Waals surface area contributed by atoms with Gasteiger partial charge in [0.1, 0.15) is 0 Å². The van der Waals surface area contributed by atoms with Crippen LogP contribution in [0.5, 0.6) is 0 Å². The first-order valence-corrected chi connectivity index (χ1v) is 11.7. The predicted molar refractivity (Wildman–Crippen MR) is 131 cm³/mol. The molecule has 0 aliphatic carbocycles. The summed E-state index contributed by atoms with van der Waals surface area (Å²) in [6, 6.07) is 16.2. The maximum atomic E-state index is 13.0. The molecule has 0 radical (unpaired) electrons. The second kappa shape index (κ2) is 11.4. The molecular weight excluding hydrogens is 406 g/mol. The molecular formula is C26H34ClN3O. The summed E-state index contributed by atoms with van der Waals surface area (Å²) in [6.45, 7) is 9.71. The summed E-state index contributed by atoms with van der Waals surface area (Å²) < 4.78 is 0. The second-order valence-electron chi connectivity index (χ2n) is 8.24. The average Bonchev–Trinajstić information content (AvgIpc) is 3.20. The van der Waals surface area contributed by atoms with Gasteiger partial charge in [0.15, 0.2) is 0 Å². The molecule has 2 aromatic carbocycles. The average molecular weight is 440 g/mol. The summed E-state index contributed by atoms with van der Waals surface area (Å²) in [5.74, 6) is 0.0526. The second-order valence-corrected chi connectivity index (χ2v) is 8.67. The molecule has 3 aromatic rings. The number of fused-ring (bicyclic) bond motifs is 1. The topological polar surface area (TPSA) is 48.1 Å². The van der Waals surface area contributed by atoms with Crippen LogP contribution in [0.25, 0.3) is 10.9 Å². The van der Waals surface area contributed by atoms with E-state index in [9.17, 15) is 4.79 Å². The van der Waals surface area contributed by atoms with Crippen molar-refractivity contribution in [3.05, 3.63) is 70.9 Å². The van der Waals surface area contributed by atoms with Gasteiger partial charge in [0.2, 0.25) is 5.91 Å². The van der Waals surface area contributed by atoms with Crippen molar-refractivity contribution in [1.82, 2.24) is 15.2 Å². The number of hydrogen-bond acceptors (Lipinski definition) is 2. The molecule has 0 bridgehead atoms. The Hall–Kier alpha value is -2.30. The highest BCUT2D eigenvalue weighted by atomic mass is 35.5. The van der Waals surface area contributed by atoms with Crippen LogP contribution in [0, 0.1) is 0 Å². The Morgan fingerprint density at radius 3 is 2.52 bits per heavy atom. The van der Waals surface area contributed by atoms with Gasteiger partial charge in [-0.25, -0.2) is 0 Å². The van der Waals surface area contributed by atoms with Gasteiger partial charge < -0.3 is 15.2 Å². The van der Waals surface area contributed by atoms with Crippen LogP contribution in [0.3, 0.4) is 0 Å². The molecule has 0 fully saturated rings. The predicted octanol–water partition coefficient (Wildman–Crippen LogP) is 5.97. The minimum Gasteiger partial charge on any atom is -0.361 e. The number of nitrogens with one attached hydrogen (secondary N) is 2. The van der Waals surface area contributed by atoms with Gasteiger partial charge in [-0.15, -0.1) is 0 Å². The quantitative estimate of drug-likeness (QED) is 0.386. The Bertz CT molecular complexity index is 962. The van der Waals surface area contributed by atoms with Crippen LogP contribution in [-0.2, 0) is 4.79 Å². The molecule has 2 atom stereocenters. The number of carbonyl (C=O) groups is 1. The number of carbonyl (C=O) groups excluding carboxylic acids is 1. The number of hydrogen-bond donors (Lipinski definition) is 2. The van der Waals surface area contributed by atoms with Gasteiger partial charge in [-0.05, 0) is 68.7 Å². The summed E-state index contributed by atoms with van der Waals surface area (Å²) in [5, 5.41) is 5.07. The van der Waals surface area contributed by atoms with Crippen molar-refractivity contribution >= 4 is 28.4 Å². The van der Waals surface area contributed by atoms with E-state index in [2.05, 4.69) is 48.1 Å². The molecule has 0 saturated heterocycles. The summed E-state index contributed by atoms with van der Waals surface area (Å²) >= 11 is 6.11. The lowest BCUT2D eigenvalue weighted by molar-refractivity contribution is -0.121. The van der Waals surface area contributed by atoms with Gasteiger partial charge in [-0.1, -0.05) is 55.8 Å². The van der Waals surface area contributed by atoms with Crippen LogP contribution in [0.2, 0.25) is 5.02 Å². The van der Waals surface area contributed by atoms with E-state index in [1.54, 1.807) is 0 Å². The summed E-state index contributed by atoms with van der Waals surface area (Å²) in [7, 11) is 0. The minimum atomic E-state index is -0.0312. The van der Waals surface area contributed by atoms with Crippen molar-refractivity contribution < 1.29 is 4.79 Å². The monoisotopic (exact) mass is 439 g/mol. The first kappa shape index (κ1) is 23.4. The Morgan fingerprint density at radius 1 is 1.10 bits per heavy atom. The molecule has 0 aliphatic heterocycles. The van der Waals surface area contributed by atoms with Gasteiger partial charge in [-0.2, -0.15) is 0 Å².